The summed E-state index contributed by atoms with van der Waals surface area (Å²) in [4.78, 5) is 14.5. The molecule has 2 saturated heterocycles. The summed E-state index contributed by atoms with van der Waals surface area (Å²) in [7, 11) is 1.59. The summed E-state index contributed by atoms with van der Waals surface area (Å²) in [5, 5.41) is 13.6. The van der Waals surface area contributed by atoms with Crippen LogP contribution in [0.25, 0.3) is 0 Å². The van der Waals surface area contributed by atoms with Crippen LogP contribution in [0, 0.1) is 16.0 Å². The highest BCUT2D eigenvalue weighted by atomic mass is 16.7. The molecule has 0 bridgehead atoms. The van der Waals surface area contributed by atoms with E-state index in [4.69, 9.17) is 9.47 Å². The predicted octanol–water partition coefficient (Wildman–Crippen LogP) is 0.569. The van der Waals surface area contributed by atoms with E-state index in [-0.39, 0.29) is 12.3 Å². The first kappa shape index (κ1) is 15.0. The van der Waals surface area contributed by atoms with Gasteiger partial charge in [0.25, 0.3) is 5.96 Å². The minimum atomic E-state index is -0.642. The first-order valence-electron chi connectivity index (χ1n) is 6.90. The lowest BCUT2D eigenvalue weighted by molar-refractivity contribution is -0.486. The Morgan fingerprint density at radius 2 is 2.35 bits per heavy atom. The Hall–Kier alpha value is -1.41. The molecule has 2 rings (SSSR count). The third-order valence-electron chi connectivity index (χ3n) is 3.86. The molecule has 20 heavy (non-hydrogen) atoms. The van der Waals surface area contributed by atoms with Gasteiger partial charge in [-0.15, -0.1) is 0 Å². The van der Waals surface area contributed by atoms with E-state index in [0.29, 0.717) is 25.0 Å². The van der Waals surface area contributed by atoms with Gasteiger partial charge < -0.3 is 19.3 Å². The summed E-state index contributed by atoms with van der Waals surface area (Å²) in [6.07, 6.45) is 1.03. The number of hydrazone groups is 1. The molecule has 114 valence electrons. The number of rotatable bonds is 5. The highest BCUT2D eigenvalue weighted by Crippen LogP contribution is 2.23. The summed E-state index contributed by atoms with van der Waals surface area (Å²) in [5.74, 6) is 0.795. The maximum Gasteiger partial charge on any atom is 0.276 e. The summed E-state index contributed by atoms with van der Waals surface area (Å²) in [5.41, 5.74) is 0. The molecule has 2 heterocycles. The summed E-state index contributed by atoms with van der Waals surface area (Å²) < 4.78 is 10.8. The van der Waals surface area contributed by atoms with Crippen LogP contribution < -0.4 is 0 Å². The van der Waals surface area contributed by atoms with Crippen molar-refractivity contribution in [2.75, 3.05) is 33.4 Å². The molecule has 0 aromatic heterocycles. The van der Waals surface area contributed by atoms with E-state index in [0.717, 1.165) is 19.5 Å². The lowest BCUT2D eigenvalue weighted by Gasteiger charge is -2.26. The number of ether oxygens (including phenoxy) is 2. The van der Waals surface area contributed by atoms with E-state index < -0.39 is 5.03 Å². The van der Waals surface area contributed by atoms with Crippen LogP contribution in [0.3, 0.4) is 0 Å². The Morgan fingerprint density at radius 1 is 1.60 bits per heavy atom. The molecule has 3 unspecified atom stereocenters. The first-order valence-corrected chi connectivity index (χ1v) is 6.90. The molecule has 3 atom stereocenters. The third-order valence-corrected chi connectivity index (χ3v) is 3.86. The molecule has 0 amide bonds. The van der Waals surface area contributed by atoms with Crippen LogP contribution in [-0.2, 0) is 9.47 Å². The number of nitro groups is 1. The molecule has 8 heteroatoms. The normalized spacial score (nSPS) is 30.2. The summed E-state index contributed by atoms with van der Waals surface area (Å²) in [6.45, 7) is 6.78. The quantitative estimate of drug-likeness (QED) is 0.543. The van der Waals surface area contributed by atoms with Crippen molar-refractivity contribution in [2.24, 2.45) is 11.0 Å². The molecule has 0 radical (unpaired) electrons. The lowest BCUT2D eigenvalue weighted by atomic mass is 10.1. The maximum atomic E-state index is 10.7. The second-order valence-electron chi connectivity index (χ2n) is 5.36. The van der Waals surface area contributed by atoms with Crippen LogP contribution in [0.15, 0.2) is 5.10 Å². The van der Waals surface area contributed by atoms with Crippen LogP contribution in [0.2, 0.25) is 0 Å². The van der Waals surface area contributed by atoms with Gasteiger partial charge in [-0.1, -0.05) is 0 Å². The Morgan fingerprint density at radius 3 is 2.90 bits per heavy atom. The van der Waals surface area contributed by atoms with Crippen LogP contribution in [0.1, 0.15) is 20.3 Å². The van der Waals surface area contributed by atoms with Gasteiger partial charge in [0, 0.05) is 32.7 Å². The molecular weight excluding hydrogens is 264 g/mol. The maximum absolute atomic E-state index is 10.7. The molecule has 0 saturated carbocycles. The van der Waals surface area contributed by atoms with Crippen molar-refractivity contribution in [1.82, 2.24) is 9.80 Å². The number of hydrogen-bond acceptors (Lipinski definition) is 4. The minimum Gasteiger partial charge on any atom is -0.378 e. The highest BCUT2D eigenvalue weighted by Gasteiger charge is 2.35. The second kappa shape index (κ2) is 6.36. The Kier molecular flexibility index (Phi) is 4.77. The number of hydrogen-bond donors (Lipinski definition) is 0. The average molecular weight is 286 g/mol. The van der Waals surface area contributed by atoms with Crippen LogP contribution >= 0.6 is 0 Å². The van der Waals surface area contributed by atoms with Crippen molar-refractivity contribution >= 4 is 5.96 Å². The van der Waals surface area contributed by atoms with Crippen molar-refractivity contribution in [3.8, 4) is 0 Å². The highest BCUT2D eigenvalue weighted by molar-refractivity contribution is 5.81. The van der Waals surface area contributed by atoms with E-state index in [1.54, 1.807) is 7.11 Å². The standard InChI is InChI=1S/C12H22N4O4/c1-9-6-11(8-20-9)7-14-4-5-15(10(2)19-3)12(14)13-16(17)18/h9-11H,4-8H2,1-3H3. The molecule has 2 fully saturated rings. The van der Waals surface area contributed by atoms with Crippen LogP contribution in [0.4, 0.5) is 0 Å². The van der Waals surface area contributed by atoms with Crippen molar-refractivity contribution in [2.45, 2.75) is 32.6 Å². The van der Waals surface area contributed by atoms with Crippen LogP contribution in [0.5, 0.6) is 0 Å². The van der Waals surface area contributed by atoms with E-state index >= 15 is 0 Å². The molecule has 0 aliphatic carbocycles. The molecule has 8 nitrogen and oxygen atoms in total. The fourth-order valence-corrected chi connectivity index (χ4v) is 2.79. The van der Waals surface area contributed by atoms with E-state index in [1.807, 2.05) is 16.7 Å². The lowest BCUT2D eigenvalue weighted by Crippen LogP contribution is -2.42. The second-order valence-corrected chi connectivity index (χ2v) is 5.36. The largest absolute Gasteiger partial charge is 0.378 e. The van der Waals surface area contributed by atoms with Crippen molar-refractivity contribution in [1.29, 1.82) is 0 Å². The number of nitrogens with zero attached hydrogens (tertiary/aromatic N) is 4. The summed E-state index contributed by atoms with van der Waals surface area (Å²) >= 11 is 0. The smallest absolute Gasteiger partial charge is 0.276 e. The van der Waals surface area contributed by atoms with Gasteiger partial charge in [0.05, 0.1) is 12.7 Å². The van der Waals surface area contributed by atoms with Gasteiger partial charge >= 0.3 is 0 Å². The topological polar surface area (TPSA) is 80.4 Å². The first-order chi connectivity index (χ1) is 9.51. The third kappa shape index (κ3) is 3.37. The fourth-order valence-electron chi connectivity index (χ4n) is 2.79. The number of guanidine groups is 1. The monoisotopic (exact) mass is 286 g/mol. The van der Waals surface area contributed by atoms with Gasteiger partial charge in [-0.3, -0.25) is 0 Å². The van der Waals surface area contributed by atoms with Gasteiger partial charge in [-0.05, 0) is 20.3 Å². The molecule has 0 N–H and O–H groups in total. The fraction of sp³-hybridized carbons (Fsp3) is 0.917. The zero-order chi connectivity index (χ0) is 14.7. The molecule has 2 aliphatic rings. The van der Waals surface area contributed by atoms with E-state index in [9.17, 15) is 10.1 Å². The Balaban J connectivity index is 2.06. The van der Waals surface area contributed by atoms with E-state index in [1.165, 1.54) is 0 Å². The predicted molar refractivity (Wildman–Crippen MR) is 72.7 cm³/mol. The molecule has 0 aromatic carbocycles. The molecule has 0 aromatic rings. The Bertz CT molecular complexity index is 390. The van der Waals surface area contributed by atoms with Crippen molar-refractivity contribution < 1.29 is 14.5 Å². The Labute approximate surface area is 118 Å². The van der Waals surface area contributed by atoms with Gasteiger partial charge in [0.2, 0.25) is 0 Å². The average Bonchev–Trinajstić information content (AvgIpc) is 2.96. The van der Waals surface area contributed by atoms with Crippen molar-refractivity contribution in [3.05, 3.63) is 10.1 Å². The SMILES string of the molecule is COC(C)N1CCN(CC2COC(C)C2)C1=N[N+](=O)[O-]. The molecule has 2 aliphatic heterocycles. The molecular formula is C12H22N4O4. The van der Waals surface area contributed by atoms with Crippen molar-refractivity contribution in [3.63, 3.8) is 0 Å². The van der Waals surface area contributed by atoms with Crippen LogP contribution in [-0.4, -0.2) is 66.5 Å². The summed E-state index contributed by atoms with van der Waals surface area (Å²) in [6, 6.07) is 0. The zero-order valence-corrected chi connectivity index (χ0v) is 12.2. The van der Waals surface area contributed by atoms with E-state index in [2.05, 4.69) is 12.0 Å². The number of methoxy groups -OCH3 is 1. The van der Waals surface area contributed by atoms with Gasteiger partial charge in [-0.25, -0.2) is 10.1 Å². The van der Waals surface area contributed by atoms with Gasteiger partial charge in [0.15, 0.2) is 5.03 Å². The molecule has 0 spiro atoms. The van der Waals surface area contributed by atoms with Gasteiger partial charge in [-0.2, -0.15) is 0 Å². The minimum absolute atomic E-state index is 0.225. The zero-order valence-electron chi connectivity index (χ0n) is 12.2. The van der Waals surface area contributed by atoms with Gasteiger partial charge in [0.1, 0.15) is 11.3 Å².